The third-order valence-corrected chi connectivity index (χ3v) is 13.1. The summed E-state index contributed by atoms with van der Waals surface area (Å²) in [5, 5.41) is 0. The molecule has 0 bridgehead atoms. The van der Waals surface area contributed by atoms with Gasteiger partial charge in [-0.2, -0.15) is 8.42 Å². The van der Waals surface area contributed by atoms with Crippen molar-refractivity contribution in [2.75, 3.05) is 6.61 Å². The third-order valence-electron chi connectivity index (χ3n) is 12.7. The molecule has 0 aromatic heterocycles. The van der Waals surface area contributed by atoms with Gasteiger partial charge in [0.15, 0.2) is 0 Å². The zero-order valence-electron chi connectivity index (χ0n) is 38.1. The van der Waals surface area contributed by atoms with Gasteiger partial charge in [0.25, 0.3) is 0 Å². The largest absolute Gasteiger partial charge is 0.397 e. The molecule has 1 N–H and O–H groups in total. The molecule has 332 valence electrons. The van der Waals surface area contributed by atoms with Crippen LogP contribution in [0.4, 0.5) is 0 Å². The molecule has 5 heteroatoms. The summed E-state index contributed by atoms with van der Waals surface area (Å²) in [6, 6.07) is 0. The predicted molar refractivity (Wildman–Crippen MR) is 245 cm³/mol. The molecule has 55 heavy (non-hydrogen) atoms. The smallest absolute Gasteiger partial charge is 0.264 e. The Morgan fingerprint density at radius 2 is 0.473 bits per heavy atom. The van der Waals surface area contributed by atoms with Crippen molar-refractivity contribution in [1.82, 2.24) is 0 Å². The van der Waals surface area contributed by atoms with Crippen LogP contribution in [0.1, 0.15) is 310 Å². The lowest BCUT2D eigenvalue weighted by atomic mass is 9.74. The molecule has 0 saturated heterocycles. The minimum absolute atomic E-state index is 0.138. The Labute approximate surface area is 348 Å². The van der Waals surface area contributed by atoms with Crippen molar-refractivity contribution < 1.29 is 17.2 Å². The average Bonchev–Trinajstić information content (AvgIpc) is 3.17. The van der Waals surface area contributed by atoms with Gasteiger partial charge < -0.3 is 0 Å². The number of hydrogen-bond acceptors (Lipinski definition) is 3. The van der Waals surface area contributed by atoms with Gasteiger partial charge in [0.05, 0.1) is 6.61 Å². The number of hydrogen-bond donors (Lipinski definition) is 1. The second kappa shape index (κ2) is 43.4. The fourth-order valence-corrected chi connectivity index (χ4v) is 9.27. The molecular formula is C50H102O4S. The van der Waals surface area contributed by atoms with Crippen molar-refractivity contribution in [3.63, 3.8) is 0 Å². The Bertz CT molecular complexity index is 749. The van der Waals surface area contributed by atoms with Gasteiger partial charge in [-0.25, -0.2) is 4.18 Å². The van der Waals surface area contributed by atoms with E-state index in [1.807, 2.05) is 0 Å². The van der Waals surface area contributed by atoms with Crippen molar-refractivity contribution >= 4 is 10.4 Å². The van der Waals surface area contributed by atoms with Gasteiger partial charge in [-0.15, -0.1) is 0 Å². The first-order valence-electron chi connectivity index (χ1n) is 25.5. The van der Waals surface area contributed by atoms with E-state index in [-0.39, 0.29) is 12.0 Å². The molecule has 0 unspecified atom stereocenters. The average molecular weight is 799 g/mol. The number of unbranched alkanes of at least 4 members (excludes halogenated alkanes) is 39. The summed E-state index contributed by atoms with van der Waals surface area (Å²) in [6.07, 6.45) is 59.7. The molecule has 0 aromatic rings. The molecule has 0 heterocycles. The van der Waals surface area contributed by atoms with E-state index in [1.165, 1.54) is 250 Å². The van der Waals surface area contributed by atoms with Crippen LogP contribution in [0.5, 0.6) is 0 Å². The highest BCUT2D eigenvalue weighted by atomic mass is 32.3. The molecule has 0 atom stereocenters. The molecule has 0 rings (SSSR count). The minimum Gasteiger partial charge on any atom is -0.264 e. The summed E-state index contributed by atoms with van der Waals surface area (Å²) < 4.78 is 38.5. The second-order valence-electron chi connectivity index (χ2n) is 18.2. The summed E-state index contributed by atoms with van der Waals surface area (Å²) >= 11 is 0. The zero-order valence-corrected chi connectivity index (χ0v) is 38.9. The lowest BCUT2D eigenvalue weighted by Crippen LogP contribution is -2.29. The van der Waals surface area contributed by atoms with Gasteiger partial charge in [0.2, 0.25) is 0 Å². The number of rotatable bonds is 48. The molecule has 0 aliphatic rings. The van der Waals surface area contributed by atoms with Crippen LogP contribution in [0.15, 0.2) is 0 Å². The molecular weight excluding hydrogens is 697 g/mol. The molecule has 0 aliphatic carbocycles. The molecule has 0 radical (unpaired) electrons. The summed E-state index contributed by atoms with van der Waals surface area (Å²) in [4.78, 5) is 0. The van der Waals surface area contributed by atoms with E-state index in [0.717, 1.165) is 38.5 Å². The highest BCUT2D eigenvalue weighted by molar-refractivity contribution is 7.80. The summed E-state index contributed by atoms with van der Waals surface area (Å²) in [6.45, 7) is 7.02. The van der Waals surface area contributed by atoms with Gasteiger partial charge in [-0.3, -0.25) is 4.55 Å². The van der Waals surface area contributed by atoms with Crippen molar-refractivity contribution in [2.45, 2.75) is 310 Å². The lowest BCUT2D eigenvalue weighted by molar-refractivity contribution is 0.0954. The quantitative estimate of drug-likeness (QED) is 0.0492. The first kappa shape index (κ1) is 54.9. The summed E-state index contributed by atoms with van der Waals surface area (Å²) in [5.41, 5.74) is -0.138. The van der Waals surface area contributed by atoms with Crippen LogP contribution < -0.4 is 0 Å². The Hall–Kier alpha value is -0.130. The van der Waals surface area contributed by atoms with Gasteiger partial charge >= 0.3 is 10.4 Å². The van der Waals surface area contributed by atoms with Crippen LogP contribution in [-0.4, -0.2) is 19.6 Å². The first-order chi connectivity index (χ1) is 26.9. The lowest BCUT2D eigenvalue weighted by Gasteiger charge is -2.34. The van der Waals surface area contributed by atoms with E-state index in [0.29, 0.717) is 0 Å². The molecule has 0 aromatic carbocycles. The van der Waals surface area contributed by atoms with Gasteiger partial charge in [0.1, 0.15) is 0 Å². The van der Waals surface area contributed by atoms with Gasteiger partial charge in [-0.05, 0) is 24.7 Å². The topological polar surface area (TPSA) is 63.6 Å². The normalized spacial score (nSPS) is 12.3. The van der Waals surface area contributed by atoms with Crippen molar-refractivity contribution in [3.8, 4) is 0 Å². The van der Waals surface area contributed by atoms with Crippen LogP contribution in [-0.2, 0) is 14.6 Å². The summed E-state index contributed by atoms with van der Waals surface area (Å²) in [7, 11) is -4.43. The molecule has 0 spiro atoms. The molecule has 4 nitrogen and oxygen atoms in total. The Balaban J connectivity index is 4.65. The minimum atomic E-state index is -4.43. The van der Waals surface area contributed by atoms with Crippen LogP contribution in [0, 0.1) is 5.41 Å². The van der Waals surface area contributed by atoms with E-state index in [4.69, 9.17) is 4.18 Å². The fourth-order valence-electron chi connectivity index (χ4n) is 8.87. The van der Waals surface area contributed by atoms with Crippen LogP contribution in [0.2, 0.25) is 0 Å². The summed E-state index contributed by atoms with van der Waals surface area (Å²) in [5.74, 6) is 0. The fraction of sp³-hybridized carbons (Fsp3) is 1.00. The SMILES string of the molecule is CCCCCCCCCCCCCCCCC(CCCCCCCCCCCCCCCC)(CCCCCCCCCCCCCCCC)COS(=O)(=O)O. The second-order valence-corrected chi connectivity index (χ2v) is 19.3. The van der Waals surface area contributed by atoms with E-state index >= 15 is 0 Å². The van der Waals surface area contributed by atoms with Crippen LogP contribution in [0.25, 0.3) is 0 Å². The molecule has 0 aliphatic heterocycles. The maximum absolute atomic E-state index is 11.8. The zero-order chi connectivity index (χ0) is 40.2. The Kier molecular flexibility index (Phi) is 43.3. The third kappa shape index (κ3) is 43.3. The molecule has 0 fully saturated rings. The standard InChI is InChI=1S/C50H102O4S/c1-4-7-10-13-16-19-22-25-28-31-34-37-40-43-46-50(49-54-55(51,52)53,47-44-41-38-35-32-29-26-23-20-17-14-11-8-5-2)48-45-42-39-36-33-30-27-24-21-18-15-12-9-6-3/h4-49H2,1-3H3,(H,51,52,53). The van der Waals surface area contributed by atoms with Crippen LogP contribution >= 0.6 is 0 Å². The Morgan fingerprint density at radius 1 is 0.309 bits per heavy atom. The maximum Gasteiger partial charge on any atom is 0.397 e. The molecule has 0 amide bonds. The monoisotopic (exact) mass is 799 g/mol. The Morgan fingerprint density at radius 3 is 0.636 bits per heavy atom. The van der Waals surface area contributed by atoms with E-state index in [2.05, 4.69) is 20.8 Å². The van der Waals surface area contributed by atoms with Crippen molar-refractivity contribution in [3.05, 3.63) is 0 Å². The van der Waals surface area contributed by atoms with E-state index in [9.17, 15) is 13.0 Å². The first-order valence-corrected chi connectivity index (χ1v) is 26.9. The van der Waals surface area contributed by atoms with Crippen LogP contribution in [0.3, 0.4) is 0 Å². The van der Waals surface area contributed by atoms with Gasteiger partial charge in [0, 0.05) is 0 Å². The van der Waals surface area contributed by atoms with E-state index in [1.54, 1.807) is 0 Å². The van der Waals surface area contributed by atoms with E-state index < -0.39 is 10.4 Å². The maximum atomic E-state index is 11.8. The van der Waals surface area contributed by atoms with Gasteiger partial charge in [-0.1, -0.05) is 290 Å². The molecule has 0 saturated carbocycles. The predicted octanol–water partition coefficient (Wildman–Crippen LogP) is 18.4. The highest BCUT2D eigenvalue weighted by Gasteiger charge is 2.31. The highest BCUT2D eigenvalue weighted by Crippen LogP contribution is 2.38. The van der Waals surface area contributed by atoms with Crippen molar-refractivity contribution in [1.29, 1.82) is 0 Å². The van der Waals surface area contributed by atoms with Crippen molar-refractivity contribution in [2.24, 2.45) is 5.41 Å².